The zero-order chi connectivity index (χ0) is 24.9. The van der Waals surface area contributed by atoms with Crippen molar-refractivity contribution in [2.45, 2.75) is 31.2 Å². The Balaban J connectivity index is 1.82. The van der Waals surface area contributed by atoms with Gasteiger partial charge in [0.25, 0.3) is 5.69 Å². The molecule has 0 saturated heterocycles. The molecule has 0 fully saturated rings. The van der Waals surface area contributed by atoms with Crippen LogP contribution >= 0.6 is 11.3 Å². The molecule has 0 aliphatic heterocycles. The van der Waals surface area contributed by atoms with E-state index < -0.39 is 32.5 Å². The maximum Gasteiger partial charge on any atom is 0.326 e. The molecule has 0 spiro atoms. The molecular weight excluding hydrogens is 489 g/mol. The van der Waals surface area contributed by atoms with Crippen LogP contribution in [0, 0.1) is 15.9 Å². The Bertz CT molecular complexity index is 1410. The van der Waals surface area contributed by atoms with Gasteiger partial charge in [-0.25, -0.2) is 12.8 Å². The van der Waals surface area contributed by atoms with Gasteiger partial charge in [-0.1, -0.05) is 11.3 Å². The highest BCUT2D eigenvalue weighted by atomic mass is 32.2. The summed E-state index contributed by atoms with van der Waals surface area (Å²) < 4.78 is 44.6. The van der Waals surface area contributed by atoms with Gasteiger partial charge in [0.05, 0.1) is 32.4 Å². The van der Waals surface area contributed by atoms with Gasteiger partial charge in [0.1, 0.15) is 12.4 Å². The second-order valence-corrected chi connectivity index (χ2v) is 10.2. The average Bonchev–Trinajstić information content (AvgIpc) is 3.10. The van der Waals surface area contributed by atoms with Crippen LogP contribution in [0.5, 0.6) is 0 Å². The minimum absolute atomic E-state index is 0.0176. The fourth-order valence-corrected chi connectivity index (χ4v) is 5.48. The second-order valence-electron chi connectivity index (χ2n) is 7.07. The predicted octanol–water partition coefficient (Wildman–Crippen LogP) is 2.99. The third kappa shape index (κ3) is 6.11. The van der Waals surface area contributed by atoms with E-state index in [-0.39, 0.29) is 47.1 Å². The van der Waals surface area contributed by atoms with Gasteiger partial charge in [-0.3, -0.25) is 19.7 Å². The highest BCUT2D eigenvalue weighted by Crippen LogP contribution is 2.23. The predicted molar refractivity (Wildman–Crippen MR) is 121 cm³/mol. The number of nitrogens with zero attached hydrogens (tertiary/aromatic N) is 3. The third-order valence-electron chi connectivity index (χ3n) is 4.67. The van der Waals surface area contributed by atoms with Crippen molar-refractivity contribution >= 4 is 49.0 Å². The van der Waals surface area contributed by atoms with Gasteiger partial charge in [0.15, 0.2) is 14.6 Å². The Morgan fingerprint density at radius 1 is 1.21 bits per heavy atom. The van der Waals surface area contributed by atoms with Crippen LogP contribution in [0.15, 0.2) is 52.4 Å². The number of ether oxygens (including phenoxy) is 1. The first kappa shape index (κ1) is 25.2. The number of hydrogen-bond donors (Lipinski definition) is 0. The number of thiazole rings is 1. The van der Waals surface area contributed by atoms with Crippen molar-refractivity contribution in [3.8, 4) is 0 Å². The summed E-state index contributed by atoms with van der Waals surface area (Å²) in [5.74, 6) is -2.08. The molecule has 0 radical (unpaired) electrons. The van der Waals surface area contributed by atoms with Gasteiger partial charge in [0, 0.05) is 18.6 Å². The summed E-state index contributed by atoms with van der Waals surface area (Å²) in [5.41, 5.74) is 0.315. The van der Waals surface area contributed by atoms with E-state index in [2.05, 4.69) is 4.99 Å². The van der Waals surface area contributed by atoms with E-state index >= 15 is 0 Å². The minimum Gasteiger partial charge on any atom is -0.465 e. The first-order valence-electron chi connectivity index (χ1n) is 10.1. The maximum atomic E-state index is 13.0. The highest BCUT2D eigenvalue weighted by molar-refractivity contribution is 7.91. The van der Waals surface area contributed by atoms with Crippen LogP contribution in [0.1, 0.15) is 19.8 Å². The summed E-state index contributed by atoms with van der Waals surface area (Å²) >= 11 is 0.991. The number of nitro benzene ring substituents is 1. The molecule has 3 rings (SSSR count). The topological polar surface area (TPSA) is 138 Å². The number of esters is 1. The number of rotatable bonds is 9. The zero-order valence-corrected chi connectivity index (χ0v) is 19.6. The third-order valence-corrected chi connectivity index (χ3v) is 7.52. The number of carbonyl (C=O) groups excluding carboxylic acids is 2. The lowest BCUT2D eigenvalue weighted by molar-refractivity contribution is -0.384. The molecule has 0 unspecified atom stereocenters. The van der Waals surface area contributed by atoms with E-state index in [0.29, 0.717) is 10.2 Å². The fraction of sp³-hybridized carbons (Fsp3) is 0.286. The first-order valence-corrected chi connectivity index (χ1v) is 12.6. The number of non-ortho nitro benzene ring substituents is 1. The van der Waals surface area contributed by atoms with E-state index in [1.54, 1.807) is 6.92 Å². The number of carbonyl (C=O) groups is 2. The monoisotopic (exact) mass is 509 g/mol. The second kappa shape index (κ2) is 10.7. The average molecular weight is 510 g/mol. The molecule has 1 heterocycles. The lowest BCUT2D eigenvalue weighted by atomic mass is 10.3. The van der Waals surface area contributed by atoms with Crippen molar-refractivity contribution in [1.82, 2.24) is 4.57 Å². The summed E-state index contributed by atoms with van der Waals surface area (Å²) in [6.07, 6.45) is -0.204. The van der Waals surface area contributed by atoms with Crippen LogP contribution in [0.25, 0.3) is 10.2 Å². The normalized spacial score (nSPS) is 12.1. The number of fused-ring (bicyclic) bond motifs is 1. The molecule has 13 heteroatoms. The van der Waals surface area contributed by atoms with Crippen molar-refractivity contribution in [3.05, 3.63) is 63.2 Å². The lowest BCUT2D eigenvalue weighted by Gasteiger charge is -2.05. The molecule has 0 aliphatic rings. The van der Waals surface area contributed by atoms with E-state index in [1.165, 1.54) is 22.8 Å². The van der Waals surface area contributed by atoms with Crippen LogP contribution in [0.4, 0.5) is 10.1 Å². The first-order chi connectivity index (χ1) is 16.1. The summed E-state index contributed by atoms with van der Waals surface area (Å²) in [5, 5.41) is 11.1. The van der Waals surface area contributed by atoms with Crippen molar-refractivity contribution in [2.24, 2.45) is 4.99 Å². The Hall–Kier alpha value is -3.45. The van der Waals surface area contributed by atoms with Crippen molar-refractivity contribution in [3.63, 3.8) is 0 Å². The lowest BCUT2D eigenvalue weighted by Crippen LogP contribution is -2.23. The Morgan fingerprint density at radius 3 is 2.56 bits per heavy atom. The molecule has 1 aromatic heterocycles. The molecule has 0 bridgehead atoms. The van der Waals surface area contributed by atoms with Crippen LogP contribution in [-0.4, -0.2) is 42.1 Å². The highest BCUT2D eigenvalue weighted by Gasteiger charge is 2.17. The zero-order valence-electron chi connectivity index (χ0n) is 18.0. The molecule has 3 aromatic rings. The van der Waals surface area contributed by atoms with Gasteiger partial charge in [-0.05, 0) is 43.7 Å². The van der Waals surface area contributed by atoms with Crippen molar-refractivity contribution < 1.29 is 32.1 Å². The van der Waals surface area contributed by atoms with E-state index in [4.69, 9.17) is 4.74 Å². The Kier molecular flexibility index (Phi) is 7.89. The quantitative estimate of drug-likeness (QED) is 0.187. The van der Waals surface area contributed by atoms with Crippen LogP contribution in [0.2, 0.25) is 0 Å². The SMILES string of the molecule is CCOC(=O)Cn1c(=NC(=O)CCCS(=O)(=O)c2ccc(F)cc2)sc2cc([N+](=O)[O-])ccc21. The Morgan fingerprint density at radius 2 is 1.91 bits per heavy atom. The van der Waals surface area contributed by atoms with E-state index in [0.717, 1.165) is 35.6 Å². The number of aromatic nitrogens is 1. The number of hydrogen-bond acceptors (Lipinski definition) is 8. The molecule has 0 aliphatic carbocycles. The number of amides is 1. The summed E-state index contributed by atoms with van der Waals surface area (Å²) in [6, 6.07) is 8.46. The standard InChI is InChI=1S/C21H20FN3O7S2/c1-2-32-20(27)13-24-17-10-7-15(25(28)29)12-18(17)33-21(24)23-19(26)4-3-11-34(30,31)16-8-5-14(22)6-9-16/h5-10,12H,2-4,11,13H2,1H3. The van der Waals surface area contributed by atoms with Gasteiger partial charge in [-0.15, -0.1) is 0 Å². The van der Waals surface area contributed by atoms with Gasteiger partial charge in [-0.2, -0.15) is 4.99 Å². The van der Waals surface area contributed by atoms with Gasteiger partial charge < -0.3 is 9.30 Å². The maximum absolute atomic E-state index is 13.0. The summed E-state index contributed by atoms with van der Waals surface area (Å²) in [6.45, 7) is 1.55. The molecule has 180 valence electrons. The van der Waals surface area contributed by atoms with E-state index in [9.17, 15) is 32.5 Å². The molecule has 0 atom stereocenters. The molecular formula is C21H20FN3O7S2. The molecule has 0 saturated carbocycles. The van der Waals surface area contributed by atoms with Gasteiger partial charge in [0.2, 0.25) is 5.91 Å². The number of benzene rings is 2. The van der Waals surface area contributed by atoms with Crippen LogP contribution in [0.3, 0.4) is 0 Å². The number of nitro groups is 1. The summed E-state index contributed by atoms with van der Waals surface area (Å²) in [4.78, 5) is 39.1. The fourth-order valence-electron chi connectivity index (χ4n) is 3.09. The molecule has 0 N–H and O–H groups in total. The molecule has 1 amide bonds. The number of sulfone groups is 1. The molecule has 10 nitrogen and oxygen atoms in total. The molecule has 34 heavy (non-hydrogen) atoms. The minimum atomic E-state index is -3.70. The van der Waals surface area contributed by atoms with Crippen LogP contribution < -0.4 is 4.80 Å². The van der Waals surface area contributed by atoms with Crippen molar-refractivity contribution in [2.75, 3.05) is 12.4 Å². The smallest absolute Gasteiger partial charge is 0.326 e. The Labute approximate surface area is 197 Å². The number of halogens is 1. The van der Waals surface area contributed by atoms with Crippen molar-refractivity contribution in [1.29, 1.82) is 0 Å². The van der Waals surface area contributed by atoms with Crippen LogP contribution in [-0.2, 0) is 30.7 Å². The largest absolute Gasteiger partial charge is 0.465 e. The van der Waals surface area contributed by atoms with Gasteiger partial charge >= 0.3 is 5.97 Å². The van der Waals surface area contributed by atoms with E-state index in [1.807, 2.05) is 0 Å². The molecule has 2 aromatic carbocycles. The summed E-state index contributed by atoms with van der Waals surface area (Å²) in [7, 11) is -3.70.